The van der Waals surface area contributed by atoms with Crippen molar-refractivity contribution in [1.82, 2.24) is 9.36 Å². The molecule has 18 heavy (non-hydrogen) atoms. The number of hydrogen-bond acceptors (Lipinski definition) is 5. The summed E-state index contributed by atoms with van der Waals surface area (Å²) >= 11 is 1.41. The van der Waals surface area contributed by atoms with Crippen molar-refractivity contribution in [2.24, 2.45) is 5.92 Å². The number of aromatic nitrogens is 2. The van der Waals surface area contributed by atoms with Crippen molar-refractivity contribution in [3.63, 3.8) is 0 Å². The zero-order valence-corrected chi connectivity index (χ0v) is 11.7. The molecule has 96 valence electrons. The Balaban J connectivity index is 2.34. The molecule has 2 aromatic rings. The number of nitrogens with zero attached hydrogens (tertiary/aromatic N) is 2. The topological polar surface area (TPSA) is 63.8 Å². The number of rotatable bonds is 4. The molecule has 2 heterocycles. The van der Waals surface area contributed by atoms with Crippen molar-refractivity contribution in [3.05, 3.63) is 24.5 Å². The predicted octanol–water partition coefficient (Wildman–Crippen LogP) is 3.24. The molecule has 0 aliphatic heterocycles. The maximum atomic E-state index is 5.96. The van der Waals surface area contributed by atoms with Gasteiger partial charge in [0.1, 0.15) is 10.8 Å². The molecule has 2 rings (SSSR count). The van der Waals surface area contributed by atoms with Gasteiger partial charge in [-0.15, -0.1) is 0 Å². The van der Waals surface area contributed by atoms with Crippen molar-refractivity contribution in [2.75, 3.05) is 11.1 Å². The molecule has 0 spiro atoms. The number of anilines is 2. The fourth-order valence-corrected chi connectivity index (χ4v) is 2.41. The maximum absolute atomic E-state index is 5.96. The number of nitrogens with one attached hydrogen (secondary N) is 1. The molecule has 0 fully saturated rings. The van der Waals surface area contributed by atoms with Gasteiger partial charge in [-0.2, -0.15) is 4.37 Å². The standard InChI is InChI=1S/C13H18N4S/c1-8(2)9(3)16-13-11(12(14)17-18-13)10-4-6-15-7-5-10/h4-9,16H,1-3H3,(H2,14,17). The molecule has 4 nitrogen and oxygen atoms in total. The van der Waals surface area contributed by atoms with Gasteiger partial charge >= 0.3 is 0 Å². The van der Waals surface area contributed by atoms with E-state index in [1.54, 1.807) is 12.4 Å². The van der Waals surface area contributed by atoms with E-state index in [1.807, 2.05) is 12.1 Å². The number of hydrogen-bond donors (Lipinski definition) is 2. The largest absolute Gasteiger partial charge is 0.382 e. The van der Waals surface area contributed by atoms with E-state index in [1.165, 1.54) is 11.5 Å². The van der Waals surface area contributed by atoms with Gasteiger partial charge in [-0.3, -0.25) is 4.98 Å². The highest BCUT2D eigenvalue weighted by Gasteiger charge is 2.16. The lowest BCUT2D eigenvalue weighted by atomic mass is 10.1. The van der Waals surface area contributed by atoms with Gasteiger partial charge in [0, 0.05) is 18.4 Å². The molecule has 5 heteroatoms. The molecule has 0 radical (unpaired) electrons. The average Bonchev–Trinajstić information content (AvgIpc) is 2.71. The van der Waals surface area contributed by atoms with E-state index in [0.29, 0.717) is 17.8 Å². The Morgan fingerprint density at radius 2 is 1.89 bits per heavy atom. The normalized spacial score (nSPS) is 12.7. The van der Waals surface area contributed by atoms with Gasteiger partial charge < -0.3 is 11.1 Å². The molecule has 0 bridgehead atoms. The second-order valence-corrected chi connectivity index (χ2v) is 5.46. The van der Waals surface area contributed by atoms with E-state index < -0.39 is 0 Å². The molecule has 3 N–H and O–H groups in total. The number of pyridine rings is 1. The quantitative estimate of drug-likeness (QED) is 0.887. The van der Waals surface area contributed by atoms with Crippen LogP contribution in [-0.2, 0) is 0 Å². The van der Waals surface area contributed by atoms with Gasteiger partial charge in [0.05, 0.1) is 5.56 Å². The van der Waals surface area contributed by atoms with Gasteiger partial charge in [0.25, 0.3) is 0 Å². The Bertz CT molecular complexity index is 507. The van der Waals surface area contributed by atoms with Crippen LogP contribution in [0.4, 0.5) is 10.8 Å². The summed E-state index contributed by atoms with van der Waals surface area (Å²) in [5, 5.41) is 4.51. The van der Waals surface area contributed by atoms with Crippen molar-refractivity contribution in [1.29, 1.82) is 0 Å². The van der Waals surface area contributed by atoms with Crippen LogP contribution in [0.25, 0.3) is 11.1 Å². The van der Waals surface area contributed by atoms with E-state index in [4.69, 9.17) is 5.73 Å². The van der Waals surface area contributed by atoms with E-state index in [-0.39, 0.29) is 0 Å². The van der Waals surface area contributed by atoms with Crippen molar-refractivity contribution in [2.45, 2.75) is 26.8 Å². The summed E-state index contributed by atoms with van der Waals surface area (Å²) in [6, 6.07) is 4.28. The third-order valence-corrected chi connectivity index (χ3v) is 3.84. The first kappa shape index (κ1) is 12.8. The van der Waals surface area contributed by atoms with Crippen LogP contribution in [0.1, 0.15) is 20.8 Å². The minimum absolute atomic E-state index is 0.380. The van der Waals surface area contributed by atoms with E-state index in [2.05, 4.69) is 35.4 Å². The van der Waals surface area contributed by atoms with Gasteiger partial charge in [-0.05, 0) is 42.1 Å². The van der Waals surface area contributed by atoms with Crippen LogP contribution >= 0.6 is 11.5 Å². The van der Waals surface area contributed by atoms with Crippen molar-refractivity contribution < 1.29 is 0 Å². The summed E-state index contributed by atoms with van der Waals surface area (Å²) in [6.07, 6.45) is 3.53. The Kier molecular flexibility index (Phi) is 3.81. The highest BCUT2D eigenvalue weighted by atomic mass is 32.1. The average molecular weight is 262 g/mol. The van der Waals surface area contributed by atoms with Gasteiger partial charge in [-0.25, -0.2) is 0 Å². The van der Waals surface area contributed by atoms with Crippen LogP contribution < -0.4 is 11.1 Å². The molecular weight excluding hydrogens is 244 g/mol. The smallest absolute Gasteiger partial charge is 0.147 e. The fraction of sp³-hybridized carbons (Fsp3) is 0.385. The monoisotopic (exact) mass is 262 g/mol. The van der Waals surface area contributed by atoms with E-state index in [0.717, 1.165) is 16.1 Å². The summed E-state index contributed by atoms with van der Waals surface area (Å²) in [4.78, 5) is 4.03. The summed E-state index contributed by atoms with van der Waals surface area (Å²) in [5.74, 6) is 1.13. The highest BCUT2D eigenvalue weighted by molar-refractivity contribution is 7.11. The Labute approximate surface area is 111 Å². The number of nitrogens with two attached hydrogens (primary N) is 1. The lowest BCUT2D eigenvalue weighted by molar-refractivity contribution is 0.561. The summed E-state index contributed by atoms with van der Waals surface area (Å²) in [7, 11) is 0. The van der Waals surface area contributed by atoms with Crippen LogP contribution in [0.3, 0.4) is 0 Å². The van der Waals surface area contributed by atoms with Crippen LogP contribution in [0.5, 0.6) is 0 Å². The third-order valence-electron chi connectivity index (χ3n) is 3.05. The molecule has 0 aliphatic carbocycles. The van der Waals surface area contributed by atoms with Crippen molar-refractivity contribution >= 4 is 22.4 Å². The first-order valence-electron chi connectivity index (χ1n) is 6.01. The first-order valence-corrected chi connectivity index (χ1v) is 6.79. The van der Waals surface area contributed by atoms with Crippen LogP contribution in [0, 0.1) is 5.92 Å². The predicted molar refractivity (Wildman–Crippen MR) is 77.7 cm³/mol. The van der Waals surface area contributed by atoms with Crippen molar-refractivity contribution in [3.8, 4) is 11.1 Å². The number of nitrogen functional groups attached to an aromatic ring is 1. The minimum atomic E-state index is 0.380. The van der Waals surface area contributed by atoms with Crippen LogP contribution in [0.2, 0.25) is 0 Å². The molecule has 2 aromatic heterocycles. The second-order valence-electron chi connectivity index (χ2n) is 4.68. The minimum Gasteiger partial charge on any atom is -0.382 e. The Hall–Kier alpha value is -1.62. The molecule has 0 saturated heterocycles. The molecule has 1 unspecified atom stereocenters. The summed E-state index contributed by atoms with van der Waals surface area (Å²) in [6.45, 7) is 6.54. The molecule has 0 saturated carbocycles. The van der Waals surface area contributed by atoms with Gasteiger partial charge in [-0.1, -0.05) is 13.8 Å². The molecule has 0 aliphatic rings. The summed E-state index contributed by atoms with van der Waals surface area (Å²) < 4.78 is 4.24. The zero-order chi connectivity index (χ0) is 13.1. The van der Waals surface area contributed by atoms with Crippen LogP contribution in [-0.4, -0.2) is 15.4 Å². The lowest BCUT2D eigenvalue weighted by Gasteiger charge is -2.18. The third kappa shape index (κ3) is 2.61. The zero-order valence-electron chi connectivity index (χ0n) is 10.8. The second kappa shape index (κ2) is 5.35. The Morgan fingerprint density at radius 3 is 2.50 bits per heavy atom. The fourth-order valence-electron chi connectivity index (χ4n) is 1.57. The van der Waals surface area contributed by atoms with Gasteiger partial charge in [0.15, 0.2) is 0 Å². The molecule has 1 atom stereocenters. The van der Waals surface area contributed by atoms with E-state index >= 15 is 0 Å². The highest BCUT2D eigenvalue weighted by Crippen LogP contribution is 2.37. The van der Waals surface area contributed by atoms with Crippen LogP contribution in [0.15, 0.2) is 24.5 Å². The lowest BCUT2D eigenvalue weighted by Crippen LogP contribution is -2.21. The van der Waals surface area contributed by atoms with Gasteiger partial charge in [0.2, 0.25) is 0 Å². The molecule has 0 amide bonds. The SMILES string of the molecule is CC(C)C(C)Nc1snc(N)c1-c1ccncc1. The Morgan fingerprint density at radius 1 is 1.22 bits per heavy atom. The molecule has 0 aromatic carbocycles. The molecular formula is C13H18N4S. The van der Waals surface area contributed by atoms with E-state index in [9.17, 15) is 0 Å². The summed E-state index contributed by atoms with van der Waals surface area (Å²) in [5.41, 5.74) is 8.00. The first-order chi connectivity index (χ1) is 8.59. The maximum Gasteiger partial charge on any atom is 0.147 e.